The van der Waals surface area contributed by atoms with E-state index in [1.54, 1.807) is 0 Å². The predicted molar refractivity (Wildman–Crippen MR) is 55.7 cm³/mol. The van der Waals surface area contributed by atoms with E-state index in [2.05, 4.69) is 10.3 Å². The molecule has 6 nitrogen and oxygen atoms in total. The molecule has 1 aromatic heterocycles. The van der Waals surface area contributed by atoms with Crippen LogP contribution >= 0.6 is 0 Å². The van der Waals surface area contributed by atoms with Crippen LogP contribution in [0.1, 0.15) is 13.3 Å². The third-order valence-electron chi connectivity index (χ3n) is 2.04. The molecule has 0 aromatic carbocycles. The summed E-state index contributed by atoms with van der Waals surface area (Å²) in [4.78, 5) is 14.0. The van der Waals surface area contributed by atoms with Crippen LogP contribution in [-0.4, -0.2) is 27.7 Å². The minimum atomic E-state index is -0.501. The van der Waals surface area contributed by atoms with Gasteiger partial charge in [0, 0.05) is 12.3 Å². The number of nitrogens with zero attached hydrogens (tertiary/aromatic N) is 2. The Morgan fingerprint density at radius 1 is 1.73 bits per heavy atom. The molecule has 0 saturated heterocycles. The van der Waals surface area contributed by atoms with E-state index in [0.29, 0.717) is 6.42 Å². The monoisotopic (exact) mass is 211 g/mol. The normalized spacial score (nSPS) is 12.1. The van der Waals surface area contributed by atoms with Gasteiger partial charge in [0.15, 0.2) is 0 Å². The first-order chi connectivity index (χ1) is 7.19. The minimum absolute atomic E-state index is 0.0791. The molecule has 0 aliphatic carbocycles. The standard InChI is InChI=1S/C9H13N3O3/c1-2-7(6-13)11-9-8(12(14)15)4-3-5-10-9/h3-5,7,13H,2,6H2,1H3,(H,10,11)/t7-/m0/s1. The number of pyridine rings is 1. The zero-order valence-electron chi connectivity index (χ0n) is 8.38. The Balaban J connectivity index is 2.88. The summed E-state index contributed by atoms with van der Waals surface area (Å²) in [7, 11) is 0. The van der Waals surface area contributed by atoms with Crippen LogP contribution in [0.25, 0.3) is 0 Å². The summed E-state index contributed by atoms with van der Waals surface area (Å²) in [6.07, 6.45) is 2.14. The molecule has 1 aromatic rings. The van der Waals surface area contributed by atoms with Gasteiger partial charge in [0.1, 0.15) is 0 Å². The van der Waals surface area contributed by atoms with Gasteiger partial charge in [-0.3, -0.25) is 10.1 Å². The molecule has 0 amide bonds. The van der Waals surface area contributed by atoms with Gasteiger partial charge in [-0.05, 0) is 12.5 Å². The van der Waals surface area contributed by atoms with Crippen LogP contribution < -0.4 is 5.32 Å². The molecule has 0 aliphatic rings. The first-order valence-electron chi connectivity index (χ1n) is 4.65. The van der Waals surface area contributed by atoms with E-state index >= 15 is 0 Å². The fourth-order valence-corrected chi connectivity index (χ4v) is 1.13. The van der Waals surface area contributed by atoms with Crippen molar-refractivity contribution in [3.05, 3.63) is 28.4 Å². The van der Waals surface area contributed by atoms with Gasteiger partial charge in [-0.15, -0.1) is 0 Å². The molecule has 1 rings (SSSR count). The van der Waals surface area contributed by atoms with Crippen molar-refractivity contribution in [1.29, 1.82) is 0 Å². The Morgan fingerprint density at radius 2 is 2.47 bits per heavy atom. The second-order valence-electron chi connectivity index (χ2n) is 3.06. The fourth-order valence-electron chi connectivity index (χ4n) is 1.13. The number of rotatable bonds is 5. The Kier molecular flexibility index (Phi) is 3.99. The smallest absolute Gasteiger partial charge is 0.311 e. The van der Waals surface area contributed by atoms with Gasteiger partial charge >= 0.3 is 5.69 Å². The third-order valence-corrected chi connectivity index (χ3v) is 2.04. The summed E-state index contributed by atoms with van der Waals surface area (Å²) in [6, 6.07) is 2.67. The SMILES string of the molecule is CC[C@@H](CO)Nc1ncccc1[N+](=O)[O-]. The van der Waals surface area contributed by atoms with Crippen LogP contribution in [0.15, 0.2) is 18.3 Å². The molecule has 0 saturated carbocycles. The highest BCUT2D eigenvalue weighted by atomic mass is 16.6. The maximum atomic E-state index is 10.6. The second-order valence-corrected chi connectivity index (χ2v) is 3.06. The summed E-state index contributed by atoms with van der Waals surface area (Å²) in [5.74, 6) is 0.198. The van der Waals surface area contributed by atoms with Crippen LogP contribution in [0.4, 0.5) is 11.5 Å². The number of nitro groups is 1. The Bertz CT molecular complexity index is 339. The number of aliphatic hydroxyl groups is 1. The number of nitrogens with one attached hydrogen (secondary N) is 1. The molecule has 6 heteroatoms. The van der Waals surface area contributed by atoms with Gasteiger partial charge in [0.2, 0.25) is 5.82 Å². The van der Waals surface area contributed by atoms with Crippen molar-refractivity contribution in [3.8, 4) is 0 Å². The maximum Gasteiger partial charge on any atom is 0.311 e. The predicted octanol–water partition coefficient (Wildman–Crippen LogP) is 1.17. The van der Waals surface area contributed by atoms with E-state index in [4.69, 9.17) is 5.11 Å². The highest BCUT2D eigenvalue weighted by Gasteiger charge is 2.16. The summed E-state index contributed by atoms with van der Waals surface area (Å²) in [6.45, 7) is 1.80. The lowest BCUT2D eigenvalue weighted by atomic mass is 10.2. The lowest BCUT2D eigenvalue weighted by Gasteiger charge is -2.13. The minimum Gasteiger partial charge on any atom is -0.394 e. The van der Waals surface area contributed by atoms with Crippen molar-refractivity contribution < 1.29 is 10.0 Å². The van der Waals surface area contributed by atoms with Crippen molar-refractivity contribution in [3.63, 3.8) is 0 Å². The molecule has 1 atom stereocenters. The maximum absolute atomic E-state index is 10.6. The van der Waals surface area contributed by atoms with Gasteiger partial charge in [-0.1, -0.05) is 6.92 Å². The number of aromatic nitrogens is 1. The fraction of sp³-hybridized carbons (Fsp3) is 0.444. The summed E-state index contributed by atoms with van der Waals surface area (Å²) in [5.41, 5.74) is -0.0793. The van der Waals surface area contributed by atoms with E-state index in [0.717, 1.165) is 0 Å². The first-order valence-corrected chi connectivity index (χ1v) is 4.65. The van der Waals surface area contributed by atoms with E-state index in [1.807, 2.05) is 6.92 Å². The highest BCUT2D eigenvalue weighted by molar-refractivity contribution is 5.55. The van der Waals surface area contributed by atoms with Crippen LogP contribution in [0.3, 0.4) is 0 Å². The number of hydrogen-bond acceptors (Lipinski definition) is 5. The summed E-state index contributed by atoms with van der Waals surface area (Å²) < 4.78 is 0. The van der Waals surface area contributed by atoms with Gasteiger partial charge < -0.3 is 10.4 Å². The molecule has 0 radical (unpaired) electrons. The number of anilines is 1. The largest absolute Gasteiger partial charge is 0.394 e. The number of hydrogen-bond donors (Lipinski definition) is 2. The van der Waals surface area contributed by atoms with E-state index in [9.17, 15) is 10.1 Å². The lowest BCUT2D eigenvalue weighted by molar-refractivity contribution is -0.384. The zero-order chi connectivity index (χ0) is 11.3. The summed E-state index contributed by atoms with van der Waals surface area (Å²) >= 11 is 0. The Hall–Kier alpha value is -1.69. The van der Waals surface area contributed by atoms with Crippen molar-refractivity contribution in [2.45, 2.75) is 19.4 Å². The second kappa shape index (κ2) is 5.26. The van der Waals surface area contributed by atoms with Crippen LogP contribution in [0, 0.1) is 10.1 Å². The van der Waals surface area contributed by atoms with E-state index < -0.39 is 4.92 Å². The molecule has 2 N–H and O–H groups in total. The van der Waals surface area contributed by atoms with Gasteiger partial charge in [-0.25, -0.2) is 4.98 Å². The Labute approximate surface area is 87.1 Å². The molecule has 0 bridgehead atoms. The number of aliphatic hydroxyl groups excluding tert-OH is 1. The van der Waals surface area contributed by atoms with Crippen molar-refractivity contribution in [1.82, 2.24) is 4.98 Å². The summed E-state index contributed by atoms with van der Waals surface area (Å²) in [5, 5.41) is 22.4. The molecule has 82 valence electrons. The van der Waals surface area contributed by atoms with Gasteiger partial charge in [0.05, 0.1) is 17.6 Å². The lowest BCUT2D eigenvalue weighted by Crippen LogP contribution is -2.23. The molecule has 1 heterocycles. The zero-order valence-corrected chi connectivity index (χ0v) is 8.38. The van der Waals surface area contributed by atoms with Crippen molar-refractivity contribution in [2.75, 3.05) is 11.9 Å². The highest BCUT2D eigenvalue weighted by Crippen LogP contribution is 2.21. The molecule has 0 fully saturated rings. The molecular formula is C9H13N3O3. The average molecular weight is 211 g/mol. The third kappa shape index (κ3) is 2.88. The van der Waals surface area contributed by atoms with Crippen molar-refractivity contribution >= 4 is 11.5 Å². The molecule has 0 spiro atoms. The molecule has 0 unspecified atom stereocenters. The van der Waals surface area contributed by atoms with E-state index in [1.165, 1.54) is 18.3 Å². The quantitative estimate of drug-likeness (QED) is 0.563. The first kappa shape index (κ1) is 11.4. The topological polar surface area (TPSA) is 88.3 Å². The van der Waals surface area contributed by atoms with E-state index in [-0.39, 0.29) is 24.2 Å². The van der Waals surface area contributed by atoms with Crippen molar-refractivity contribution in [2.24, 2.45) is 0 Å². The Morgan fingerprint density at radius 3 is 3.00 bits per heavy atom. The van der Waals surface area contributed by atoms with Gasteiger partial charge in [0.25, 0.3) is 0 Å². The van der Waals surface area contributed by atoms with Crippen LogP contribution in [0.5, 0.6) is 0 Å². The van der Waals surface area contributed by atoms with Gasteiger partial charge in [-0.2, -0.15) is 0 Å². The van der Waals surface area contributed by atoms with Crippen LogP contribution in [0.2, 0.25) is 0 Å². The van der Waals surface area contributed by atoms with Crippen LogP contribution in [-0.2, 0) is 0 Å². The molecule has 15 heavy (non-hydrogen) atoms. The average Bonchev–Trinajstić information content (AvgIpc) is 2.26. The molecule has 0 aliphatic heterocycles. The molecular weight excluding hydrogens is 198 g/mol.